The molecule has 0 aromatic heterocycles. The highest BCUT2D eigenvalue weighted by atomic mass is 32.2. The molecular formula is C19H22S. The van der Waals surface area contributed by atoms with Gasteiger partial charge in [-0.2, -0.15) is 11.8 Å². The molecule has 0 aliphatic carbocycles. The summed E-state index contributed by atoms with van der Waals surface area (Å²) in [4.78, 5) is 0. The molecule has 0 radical (unpaired) electrons. The number of rotatable bonds is 4. The van der Waals surface area contributed by atoms with E-state index >= 15 is 0 Å². The molecule has 0 atom stereocenters. The Hall–Kier alpha value is -1.47. The fourth-order valence-electron chi connectivity index (χ4n) is 2.01. The van der Waals surface area contributed by atoms with Crippen molar-refractivity contribution in [3.05, 3.63) is 77.9 Å². The maximum atomic E-state index is 2.35. The molecule has 0 spiro atoms. The van der Waals surface area contributed by atoms with Crippen molar-refractivity contribution < 1.29 is 0 Å². The Morgan fingerprint density at radius 1 is 0.850 bits per heavy atom. The molecule has 0 unspecified atom stereocenters. The Kier molecular flexibility index (Phi) is 5.08. The van der Waals surface area contributed by atoms with Gasteiger partial charge in [-0.25, -0.2) is 0 Å². The van der Waals surface area contributed by atoms with E-state index in [9.17, 15) is 0 Å². The molecule has 0 aliphatic rings. The van der Waals surface area contributed by atoms with Gasteiger partial charge < -0.3 is 0 Å². The molecule has 0 saturated carbocycles. The number of hydrogen-bond donors (Lipinski definition) is 0. The Bertz CT molecular complexity index is 506. The van der Waals surface area contributed by atoms with E-state index in [4.69, 9.17) is 0 Å². The van der Waals surface area contributed by atoms with Gasteiger partial charge in [0.2, 0.25) is 0 Å². The number of thioether (sulfide) groups is 1. The van der Waals surface area contributed by atoms with E-state index in [-0.39, 0.29) is 0 Å². The zero-order chi connectivity index (χ0) is 14.4. The van der Waals surface area contributed by atoms with Crippen LogP contribution in [-0.4, -0.2) is 10.5 Å². The molecule has 0 N–H and O–H groups in total. The van der Waals surface area contributed by atoms with Gasteiger partial charge in [0.25, 0.3) is 0 Å². The second-order valence-corrected chi connectivity index (χ2v) is 7.62. The van der Waals surface area contributed by atoms with E-state index in [1.165, 1.54) is 16.7 Å². The van der Waals surface area contributed by atoms with Gasteiger partial charge in [-0.3, -0.25) is 0 Å². The van der Waals surface area contributed by atoms with E-state index < -0.39 is 0 Å². The first kappa shape index (κ1) is 14.9. The van der Waals surface area contributed by atoms with Crippen molar-refractivity contribution in [2.75, 3.05) is 5.75 Å². The summed E-state index contributed by atoms with van der Waals surface area (Å²) in [7, 11) is 0. The Morgan fingerprint density at radius 2 is 1.30 bits per heavy atom. The first-order valence-corrected chi connectivity index (χ1v) is 8.00. The van der Waals surface area contributed by atoms with E-state index in [1.54, 1.807) is 0 Å². The summed E-state index contributed by atoms with van der Waals surface area (Å²) in [6.07, 6.45) is 2.35. The third kappa shape index (κ3) is 4.57. The van der Waals surface area contributed by atoms with Crippen LogP contribution in [0.15, 0.2) is 66.7 Å². The molecule has 0 saturated heterocycles. The second-order valence-electron chi connectivity index (χ2n) is 5.77. The molecular weight excluding hydrogens is 260 g/mol. The summed E-state index contributed by atoms with van der Waals surface area (Å²) in [6.45, 7) is 6.78. The topological polar surface area (TPSA) is 0 Å². The van der Waals surface area contributed by atoms with Gasteiger partial charge >= 0.3 is 0 Å². The summed E-state index contributed by atoms with van der Waals surface area (Å²) >= 11 is 1.97. The Morgan fingerprint density at radius 3 is 1.70 bits per heavy atom. The van der Waals surface area contributed by atoms with Gasteiger partial charge in [-0.1, -0.05) is 87.5 Å². The van der Waals surface area contributed by atoms with Crippen LogP contribution in [0.3, 0.4) is 0 Å². The molecule has 2 rings (SSSR count). The average Bonchev–Trinajstić information content (AvgIpc) is 2.44. The van der Waals surface area contributed by atoms with Crippen LogP contribution in [-0.2, 0) is 0 Å². The molecule has 1 heteroatoms. The molecule has 2 aromatic rings. The lowest BCUT2D eigenvalue weighted by atomic mass is 9.98. The van der Waals surface area contributed by atoms with Crippen molar-refractivity contribution in [2.45, 2.75) is 25.5 Å². The molecule has 104 valence electrons. The third-order valence-corrected chi connectivity index (χ3v) is 4.17. The first-order valence-electron chi connectivity index (χ1n) is 7.01. The van der Waals surface area contributed by atoms with Crippen molar-refractivity contribution in [2.24, 2.45) is 0 Å². The third-order valence-electron chi connectivity index (χ3n) is 2.97. The first-order chi connectivity index (χ1) is 9.56. The predicted octanol–water partition coefficient (Wildman–Crippen LogP) is 5.65. The second kappa shape index (κ2) is 6.81. The van der Waals surface area contributed by atoms with Gasteiger partial charge in [0.15, 0.2) is 0 Å². The highest BCUT2D eigenvalue weighted by Gasteiger charge is 2.10. The minimum absolute atomic E-state index is 0.301. The van der Waals surface area contributed by atoms with Gasteiger partial charge in [-0.15, -0.1) is 0 Å². The average molecular weight is 282 g/mol. The van der Waals surface area contributed by atoms with Crippen molar-refractivity contribution in [3.8, 4) is 0 Å². The van der Waals surface area contributed by atoms with Gasteiger partial charge in [0.1, 0.15) is 0 Å². The summed E-state index contributed by atoms with van der Waals surface area (Å²) < 4.78 is 0.301. The largest absolute Gasteiger partial charge is 0.152 e. The minimum Gasteiger partial charge on any atom is -0.152 e. The maximum absolute atomic E-state index is 2.35. The lowest BCUT2D eigenvalue weighted by molar-refractivity contribution is 0.804. The molecule has 0 fully saturated rings. The number of benzene rings is 2. The van der Waals surface area contributed by atoms with Gasteiger partial charge in [0.05, 0.1) is 0 Å². The molecule has 0 heterocycles. The van der Waals surface area contributed by atoms with Crippen LogP contribution in [0.2, 0.25) is 0 Å². The molecule has 0 aliphatic heterocycles. The van der Waals surface area contributed by atoms with E-state index in [0.29, 0.717) is 4.75 Å². The number of hydrogen-bond acceptors (Lipinski definition) is 1. The molecule has 0 nitrogen and oxygen atoms in total. The monoisotopic (exact) mass is 282 g/mol. The lowest BCUT2D eigenvalue weighted by Crippen LogP contribution is -2.07. The van der Waals surface area contributed by atoms with Crippen molar-refractivity contribution in [1.82, 2.24) is 0 Å². The van der Waals surface area contributed by atoms with Crippen LogP contribution >= 0.6 is 11.8 Å². The standard InChI is InChI=1S/C19H22S/c1-19(2,3)20-15-14-18(16-10-6-4-7-11-16)17-12-8-5-9-13-17/h4-14H,15H2,1-3H3. The minimum atomic E-state index is 0.301. The Balaban J connectivity index is 2.28. The quantitative estimate of drug-likeness (QED) is 0.698. The van der Waals surface area contributed by atoms with Crippen LogP contribution < -0.4 is 0 Å². The normalized spacial score (nSPS) is 11.2. The van der Waals surface area contributed by atoms with Crippen LogP contribution in [0.4, 0.5) is 0 Å². The van der Waals surface area contributed by atoms with Crippen LogP contribution in [0.25, 0.3) is 5.57 Å². The Labute approximate surface area is 126 Å². The summed E-state index contributed by atoms with van der Waals surface area (Å²) in [5.74, 6) is 1.03. The maximum Gasteiger partial charge on any atom is 0.0127 e. The van der Waals surface area contributed by atoms with Crippen molar-refractivity contribution in [3.63, 3.8) is 0 Å². The van der Waals surface area contributed by atoms with Crippen LogP contribution in [0, 0.1) is 0 Å². The van der Waals surface area contributed by atoms with Crippen molar-refractivity contribution in [1.29, 1.82) is 0 Å². The lowest BCUT2D eigenvalue weighted by Gasteiger charge is -2.17. The highest BCUT2D eigenvalue weighted by molar-refractivity contribution is 8.00. The smallest absolute Gasteiger partial charge is 0.0127 e. The van der Waals surface area contributed by atoms with E-state index in [1.807, 2.05) is 11.8 Å². The summed E-state index contributed by atoms with van der Waals surface area (Å²) in [5.41, 5.74) is 3.89. The summed E-state index contributed by atoms with van der Waals surface area (Å²) in [5, 5.41) is 0. The summed E-state index contributed by atoms with van der Waals surface area (Å²) in [6, 6.07) is 21.3. The van der Waals surface area contributed by atoms with E-state index in [2.05, 4.69) is 87.5 Å². The SMILES string of the molecule is CC(C)(C)SCC=C(c1ccccc1)c1ccccc1. The van der Waals surface area contributed by atoms with Crippen LogP contribution in [0.1, 0.15) is 31.9 Å². The molecule has 2 aromatic carbocycles. The zero-order valence-electron chi connectivity index (χ0n) is 12.5. The highest BCUT2D eigenvalue weighted by Crippen LogP contribution is 2.27. The fraction of sp³-hybridized carbons (Fsp3) is 0.263. The zero-order valence-corrected chi connectivity index (χ0v) is 13.3. The van der Waals surface area contributed by atoms with Gasteiger partial charge in [0, 0.05) is 10.5 Å². The fourth-order valence-corrected chi connectivity index (χ4v) is 2.76. The van der Waals surface area contributed by atoms with E-state index in [0.717, 1.165) is 5.75 Å². The molecule has 0 bridgehead atoms. The molecule has 20 heavy (non-hydrogen) atoms. The van der Waals surface area contributed by atoms with Gasteiger partial charge in [-0.05, 0) is 16.7 Å². The predicted molar refractivity (Wildman–Crippen MR) is 92.2 cm³/mol. The molecule has 0 amide bonds. The van der Waals surface area contributed by atoms with Crippen molar-refractivity contribution >= 4 is 17.3 Å². The van der Waals surface area contributed by atoms with Crippen LogP contribution in [0.5, 0.6) is 0 Å².